The Labute approximate surface area is 149 Å². The summed E-state index contributed by atoms with van der Waals surface area (Å²) in [4.78, 5) is 6.64. The highest BCUT2D eigenvalue weighted by Crippen LogP contribution is 2.20. The molecule has 2 aromatic rings. The zero-order valence-electron chi connectivity index (χ0n) is 14.9. The van der Waals surface area contributed by atoms with Gasteiger partial charge in [0.25, 0.3) is 0 Å². The number of aryl methyl sites for hydroxylation is 1. The highest BCUT2D eigenvalue weighted by atomic mass is 16.5. The van der Waals surface area contributed by atoms with E-state index in [1.165, 1.54) is 11.1 Å². The molecule has 3 rings (SSSR count). The van der Waals surface area contributed by atoms with Crippen molar-refractivity contribution in [2.24, 2.45) is 0 Å². The molecular weight excluding hydrogens is 314 g/mol. The molecule has 6 heteroatoms. The summed E-state index contributed by atoms with van der Waals surface area (Å²) in [6, 6.07) is 4.54. The maximum atomic E-state index is 5.51. The number of allylic oxidation sites excluding steroid dienone is 1. The molecule has 0 spiro atoms. The Balaban J connectivity index is 1.63. The van der Waals surface area contributed by atoms with Gasteiger partial charge in [0, 0.05) is 56.4 Å². The van der Waals surface area contributed by atoms with Gasteiger partial charge < -0.3 is 10.1 Å². The number of pyridine rings is 1. The first-order valence-corrected chi connectivity index (χ1v) is 8.84. The topological polar surface area (TPSA) is 55.2 Å². The molecule has 0 amide bonds. The van der Waals surface area contributed by atoms with Crippen molar-refractivity contribution in [1.82, 2.24) is 25.0 Å². The average Bonchev–Trinajstić information content (AvgIpc) is 3.00. The van der Waals surface area contributed by atoms with E-state index in [-0.39, 0.29) is 0 Å². The van der Waals surface area contributed by atoms with Gasteiger partial charge in [0.1, 0.15) is 0 Å². The van der Waals surface area contributed by atoms with Gasteiger partial charge in [-0.05, 0) is 24.6 Å². The number of morpholine rings is 1. The Morgan fingerprint density at radius 3 is 2.80 bits per heavy atom. The zero-order chi connectivity index (χ0) is 17.5. The van der Waals surface area contributed by atoms with Crippen LogP contribution >= 0.6 is 0 Å². The molecule has 2 aromatic heterocycles. The van der Waals surface area contributed by atoms with Crippen molar-refractivity contribution in [2.75, 3.05) is 32.8 Å². The summed E-state index contributed by atoms with van der Waals surface area (Å²) in [5, 5.41) is 8.13. The van der Waals surface area contributed by atoms with Crippen molar-refractivity contribution < 1.29 is 4.74 Å². The van der Waals surface area contributed by atoms with Crippen LogP contribution in [0.25, 0.3) is 0 Å². The van der Waals surface area contributed by atoms with Gasteiger partial charge in [0.15, 0.2) is 0 Å². The lowest BCUT2D eigenvalue weighted by Crippen LogP contribution is -2.42. The summed E-state index contributed by atoms with van der Waals surface area (Å²) >= 11 is 0. The zero-order valence-corrected chi connectivity index (χ0v) is 14.9. The van der Waals surface area contributed by atoms with Crippen molar-refractivity contribution in [3.05, 3.63) is 60.2 Å². The van der Waals surface area contributed by atoms with Crippen LogP contribution in [0.5, 0.6) is 0 Å². The average molecular weight is 341 g/mol. The first-order chi connectivity index (χ1) is 12.3. The third kappa shape index (κ3) is 4.75. The van der Waals surface area contributed by atoms with Crippen LogP contribution in [0.15, 0.2) is 43.4 Å². The van der Waals surface area contributed by atoms with E-state index in [1.807, 2.05) is 23.2 Å². The van der Waals surface area contributed by atoms with E-state index >= 15 is 0 Å². The Morgan fingerprint density at radius 1 is 1.32 bits per heavy atom. The Morgan fingerprint density at radius 2 is 2.08 bits per heavy atom. The molecule has 1 aliphatic heterocycles. The van der Waals surface area contributed by atoms with E-state index < -0.39 is 0 Å². The monoisotopic (exact) mass is 341 g/mol. The molecule has 1 fully saturated rings. The lowest BCUT2D eigenvalue weighted by molar-refractivity contribution is 0.0161. The predicted octanol–water partition coefficient (Wildman–Crippen LogP) is 1.94. The maximum Gasteiger partial charge on any atom is 0.0638 e. The molecule has 25 heavy (non-hydrogen) atoms. The summed E-state index contributed by atoms with van der Waals surface area (Å²) in [5.74, 6) is 0. The van der Waals surface area contributed by atoms with Crippen molar-refractivity contribution in [2.45, 2.75) is 26.1 Å². The lowest BCUT2D eigenvalue weighted by Gasteiger charge is -2.35. The van der Waals surface area contributed by atoms with E-state index in [2.05, 4.69) is 52.1 Å². The number of hydrogen-bond acceptors (Lipinski definition) is 5. The smallest absolute Gasteiger partial charge is 0.0638 e. The molecule has 0 radical (unpaired) electrons. The number of ether oxygens (including phenoxy) is 1. The van der Waals surface area contributed by atoms with Crippen molar-refractivity contribution in [3.63, 3.8) is 0 Å². The summed E-state index contributed by atoms with van der Waals surface area (Å²) in [7, 11) is 0. The van der Waals surface area contributed by atoms with Crippen LogP contribution in [0.3, 0.4) is 0 Å². The molecule has 134 valence electrons. The fraction of sp³-hybridized carbons (Fsp3) is 0.474. The number of nitrogens with zero attached hydrogens (tertiary/aromatic N) is 4. The number of rotatable bonds is 8. The van der Waals surface area contributed by atoms with Crippen LogP contribution in [-0.2, 0) is 17.8 Å². The van der Waals surface area contributed by atoms with E-state index in [9.17, 15) is 0 Å². The molecule has 6 nitrogen and oxygen atoms in total. The van der Waals surface area contributed by atoms with Crippen LogP contribution in [0.4, 0.5) is 0 Å². The standard InChI is InChI=1S/C19H27N5O/c1-3-8-24-15-18(16(2)22-24)13-21-14-19(17-4-6-20-7-5-17)23-9-11-25-12-10-23/h3-7,15,19,21H,1,8-14H2,2H3/t19-/m1/s1. The third-order valence-corrected chi connectivity index (χ3v) is 4.59. The second kappa shape index (κ2) is 8.89. The van der Waals surface area contributed by atoms with Gasteiger partial charge in [0.05, 0.1) is 25.5 Å². The molecular formula is C19H27N5O. The number of hydrogen-bond donors (Lipinski definition) is 1. The first-order valence-electron chi connectivity index (χ1n) is 8.84. The summed E-state index contributed by atoms with van der Waals surface area (Å²) in [6.45, 7) is 11.8. The fourth-order valence-corrected chi connectivity index (χ4v) is 3.23. The fourth-order valence-electron chi connectivity index (χ4n) is 3.23. The molecule has 1 atom stereocenters. The van der Waals surface area contributed by atoms with E-state index in [1.54, 1.807) is 0 Å². The number of aromatic nitrogens is 3. The van der Waals surface area contributed by atoms with Crippen LogP contribution in [-0.4, -0.2) is 52.5 Å². The van der Waals surface area contributed by atoms with Crippen LogP contribution in [0.1, 0.15) is 22.9 Å². The van der Waals surface area contributed by atoms with E-state index in [0.717, 1.165) is 51.6 Å². The summed E-state index contributed by atoms with van der Waals surface area (Å²) in [6.07, 6.45) is 7.69. The van der Waals surface area contributed by atoms with Gasteiger partial charge in [-0.25, -0.2) is 0 Å². The predicted molar refractivity (Wildman–Crippen MR) is 98.2 cm³/mol. The SMILES string of the molecule is C=CCn1cc(CNC[C@H](c2ccncc2)N2CCOCC2)c(C)n1. The minimum absolute atomic E-state index is 0.329. The molecule has 0 aromatic carbocycles. The van der Waals surface area contributed by atoms with Gasteiger partial charge >= 0.3 is 0 Å². The van der Waals surface area contributed by atoms with Crippen molar-refractivity contribution >= 4 is 0 Å². The van der Waals surface area contributed by atoms with Gasteiger partial charge in [0.2, 0.25) is 0 Å². The second-order valence-corrected chi connectivity index (χ2v) is 6.33. The van der Waals surface area contributed by atoms with Crippen molar-refractivity contribution in [3.8, 4) is 0 Å². The molecule has 1 saturated heterocycles. The van der Waals surface area contributed by atoms with E-state index in [4.69, 9.17) is 4.74 Å². The highest BCUT2D eigenvalue weighted by Gasteiger charge is 2.22. The van der Waals surface area contributed by atoms with E-state index in [0.29, 0.717) is 6.04 Å². The maximum absolute atomic E-state index is 5.51. The minimum Gasteiger partial charge on any atom is -0.379 e. The Hall–Kier alpha value is -2.02. The molecule has 0 saturated carbocycles. The molecule has 0 unspecified atom stereocenters. The third-order valence-electron chi connectivity index (χ3n) is 4.59. The van der Waals surface area contributed by atoms with Crippen LogP contribution in [0.2, 0.25) is 0 Å². The van der Waals surface area contributed by atoms with Crippen LogP contribution < -0.4 is 5.32 Å². The molecule has 1 aliphatic rings. The Bertz CT molecular complexity index is 664. The molecule has 0 aliphatic carbocycles. The normalized spacial score (nSPS) is 16.7. The number of nitrogens with one attached hydrogen (secondary N) is 1. The largest absolute Gasteiger partial charge is 0.379 e. The Kier molecular flexibility index (Phi) is 6.33. The summed E-state index contributed by atoms with van der Waals surface area (Å²) < 4.78 is 7.44. The van der Waals surface area contributed by atoms with Gasteiger partial charge in [-0.1, -0.05) is 6.08 Å². The highest BCUT2D eigenvalue weighted by molar-refractivity contribution is 5.18. The minimum atomic E-state index is 0.329. The van der Waals surface area contributed by atoms with Crippen LogP contribution in [0, 0.1) is 6.92 Å². The van der Waals surface area contributed by atoms with Gasteiger partial charge in [-0.3, -0.25) is 14.6 Å². The van der Waals surface area contributed by atoms with Crippen molar-refractivity contribution in [1.29, 1.82) is 0 Å². The molecule has 0 bridgehead atoms. The quantitative estimate of drug-likeness (QED) is 0.744. The summed E-state index contributed by atoms with van der Waals surface area (Å²) in [5.41, 5.74) is 3.60. The molecule has 3 heterocycles. The second-order valence-electron chi connectivity index (χ2n) is 6.33. The molecule has 1 N–H and O–H groups in total. The van der Waals surface area contributed by atoms with Gasteiger partial charge in [-0.2, -0.15) is 5.10 Å². The first kappa shape index (κ1) is 17.8. The lowest BCUT2D eigenvalue weighted by atomic mass is 10.1. The van der Waals surface area contributed by atoms with Gasteiger partial charge in [-0.15, -0.1) is 6.58 Å².